The molecule has 0 aromatic carbocycles. The van der Waals surface area contributed by atoms with Crippen molar-refractivity contribution in [1.29, 1.82) is 0 Å². The smallest absolute Gasteiger partial charge is 0.306 e. The number of unbranched alkanes of at least 4 members (excludes halogenated alkanes) is 28. The Morgan fingerprint density at radius 3 is 0.842 bits per heavy atom. The van der Waals surface area contributed by atoms with Crippen LogP contribution >= 0.6 is 0 Å². The maximum atomic E-state index is 12.9. The maximum Gasteiger partial charge on any atom is 0.306 e. The zero-order valence-corrected chi connectivity index (χ0v) is 49.7. The Kier molecular flexibility index (Phi) is 60.3. The monoisotopic (exact) mass is 1050 g/mol. The molecule has 0 fully saturated rings. The largest absolute Gasteiger partial charge is 0.462 e. The number of esters is 3. The number of hydrogen-bond acceptors (Lipinski definition) is 6. The fourth-order valence-corrected chi connectivity index (χ4v) is 8.71. The molecule has 76 heavy (non-hydrogen) atoms. The van der Waals surface area contributed by atoms with Gasteiger partial charge in [0.1, 0.15) is 13.2 Å². The predicted molar refractivity (Wildman–Crippen MR) is 330 cm³/mol. The first-order valence-electron chi connectivity index (χ1n) is 31.9. The Morgan fingerprint density at radius 1 is 0.276 bits per heavy atom. The van der Waals surface area contributed by atoms with E-state index in [0.717, 1.165) is 128 Å². The third-order valence-corrected chi connectivity index (χ3v) is 13.5. The van der Waals surface area contributed by atoms with Crippen LogP contribution in [0.3, 0.4) is 0 Å². The summed E-state index contributed by atoms with van der Waals surface area (Å²) in [5, 5.41) is 0. The number of hydrogen-bond donors (Lipinski definition) is 0. The summed E-state index contributed by atoms with van der Waals surface area (Å²) in [5.41, 5.74) is 0. The second kappa shape index (κ2) is 63.6. The number of carbonyl (C=O) groups is 3. The minimum Gasteiger partial charge on any atom is -0.462 e. The van der Waals surface area contributed by atoms with Crippen LogP contribution in [0, 0.1) is 0 Å². The molecule has 0 bridgehead atoms. The molecule has 434 valence electrons. The normalized spacial score (nSPS) is 12.8. The van der Waals surface area contributed by atoms with Gasteiger partial charge in [-0.3, -0.25) is 14.4 Å². The summed E-state index contributed by atoms with van der Waals surface area (Å²) in [6, 6.07) is 0. The lowest BCUT2D eigenvalue weighted by molar-refractivity contribution is -0.167. The van der Waals surface area contributed by atoms with E-state index >= 15 is 0 Å². The number of allylic oxidation sites excluding steroid dienone is 18. The highest BCUT2D eigenvalue weighted by molar-refractivity contribution is 5.71. The zero-order chi connectivity index (χ0) is 55.0. The summed E-state index contributed by atoms with van der Waals surface area (Å²) in [5.74, 6) is -0.904. The Balaban J connectivity index is 4.26. The first-order chi connectivity index (χ1) is 37.5. The lowest BCUT2D eigenvalue weighted by Gasteiger charge is -2.18. The SMILES string of the molecule is CC/C=C\C/C=C\C/C=C\C/C=C\C/C=C\C/C=C\C/C=C\CCCCCCCCCCCC(=O)OCC(COC(=O)CCCCCCC/C=C\CCCCC)OC(=O)CCCCCCC/C=C\CCCCCCCC. The van der Waals surface area contributed by atoms with Gasteiger partial charge in [-0.15, -0.1) is 0 Å². The lowest BCUT2D eigenvalue weighted by atomic mass is 10.1. The van der Waals surface area contributed by atoms with E-state index in [1.54, 1.807) is 0 Å². The lowest BCUT2D eigenvalue weighted by Crippen LogP contribution is -2.30. The van der Waals surface area contributed by atoms with Gasteiger partial charge in [0.25, 0.3) is 0 Å². The van der Waals surface area contributed by atoms with Crippen LogP contribution in [0.2, 0.25) is 0 Å². The molecular formula is C70H118O6. The quantitative estimate of drug-likeness (QED) is 0.0261. The third kappa shape index (κ3) is 60.9. The van der Waals surface area contributed by atoms with Gasteiger partial charge in [-0.25, -0.2) is 0 Å². The van der Waals surface area contributed by atoms with E-state index < -0.39 is 6.10 Å². The van der Waals surface area contributed by atoms with Gasteiger partial charge in [0.15, 0.2) is 6.10 Å². The van der Waals surface area contributed by atoms with Crippen molar-refractivity contribution in [2.75, 3.05) is 13.2 Å². The molecule has 1 unspecified atom stereocenters. The van der Waals surface area contributed by atoms with Crippen LogP contribution in [-0.2, 0) is 28.6 Å². The number of carbonyl (C=O) groups excluding carboxylic acids is 3. The van der Waals surface area contributed by atoms with Crippen molar-refractivity contribution >= 4 is 17.9 Å². The molecule has 0 saturated carbocycles. The average molecular weight is 1060 g/mol. The van der Waals surface area contributed by atoms with Gasteiger partial charge in [0.2, 0.25) is 0 Å². The standard InChI is InChI=1S/C70H118O6/c1-4-7-10-13-16-19-22-25-27-28-29-30-31-32-33-34-35-36-37-38-39-40-41-42-44-45-48-51-54-57-60-63-69(72)75-66-67(65-74-68(71)62-59-56-53-50-47-24-21-18-15-12-9-6-3)76-70(73)64-61-58-55-52-49-46-43-26-23-20-17-14-11-8-5-2/h7,10,16,18-19,21,25-27,29-30,32-33,35-36,38-39,43,67H,4-6,8-9,11-15,17,20,22-24,28,31,34,37,40-42,44-66H2,1-3H3/b10-7-,19-16-,21-18-,27-25-,30-29-,33-32-,36-35-,39-38-,43-26-. The van der Waals surface area contributed by atoms with E-state index in [1.165, 1.54) is 128 Å². The zero-order valence-electron chi connectivity index (χ0n) is 49.7. The van der Waals surface area contributed by atoms with Crippen molar-refractivity contribution in [2.24, 2.45) is 0 Å². The summed E-state index contributed by atoms with van der Waals surface area (Å²) in [6.07, 6.45) is 86.7. The molecule has 0 rings (SSSR count). The summed E-state index contributed by atoms with van der Waals surface area (Å²) < 4.78 is 16.9. The first-order valence-corrected chi connectivity index (χ1v) is 31.9. The van der Waals surface area contributed by atoms with E-state index in [1.807, 2.05) is 0 Å². The van der Waals surface area contributed by atoms with Crippen LogP contribution < -0.4 is 0 Å². The van der Waals surface area contributed by atoms with Crippen molar-refractivity contribution < 1.29 is 28.6 Å². The van der Waals surface area contributed by atoms with Crippen LogP contribution in [0.1, 0.15) is 297 Å². The molecule has 0 aromatic rings. The molecule has 0 heterocycles. The van der Waals surface area contributed by atoms with Crippen molar-refractivity contribution in [3.8, 4) is 0 Å². The Hall–Kier alpha value is -3.93. The molecule has 0 aromatic heterocycles. The summed E-state index contributed by atoms with van der Waals surface area (Å²) in [7, 11) is 0. The van der Waals surface area contributed by atoms with Gasteiger partial charge in [0.05, 0.1) is 0 Å². The molecule has 0 aliphatic heterocycles. The summed E-state index contributed by atoms with van der Waals surface area (Å²) in [4.78, 5) is 38.2. The average Bonchev–Trinajstić information content (AvgIpc) is 3.42. The Morgan fingerprint density at radius 2 is 0.513 bits per heavy atom. The van der Waals surface area contributed by atoms with Gasteiger partial charge in [-0.05, 0) is 128 Å². The third-order valence-electron chi connectivity index (χ3n) is 13.5. The number of ether oxygens (including phenoxy) is 3. The van der Waals surface area contributed by atoms with E-state index in [9.17, 15) is 14.4 Å². The molecule has 0 aliphatic rings. The van der Waals surface area contributed by atoms with E-state index in [4.69, 9.17) is 14.2 Å². The van der Waals surface area contributed by atoms with Gasteiger partial charge in [0, 0.05) is 19.3 Å². The van der Waals surface area contributed by atoms with Crippen molar-refractivity contribution in [1.82, 2.24) is 0 Å². The number of rotatable bonds is 57. The molecule has 0 amide bonds. The van der Waals surface area contributed by atoms with Crippen LogP contribution in [0.15, 0.2) is 109 Å². The summed E-state index contributed by atoms with van der Waals surface area (Å²) in [6.45, 7) is 6.49. The van der Waals surface area contributed by atoms with Gasteiger partial charge in [-0.2, -0.15) is 0 Å². The van der Waals surface area contributed by atoms with Gasteiger partial charge < -0.3 is 14.2 Å². The van der Waals surface area contributed by atoms with Crippen LogP contribution in [0.5, 0.6) is 0 Å². The minimum atomic E-state index is -0.789. The second-order valence-corrected chi connectivity index (χ2v) is 20.9. The summed E-state index contributed by atoms with van der Waals surface area (Å²) >= 11 is 0. The minimum absolute atomic E-state index is 0.0867. The highest BCUT2D eigenvalue weighted by Gasteiger charge is 2.19. The van der Waals surface area contributed by atoms with E-state index in [-0.39, 0.29) is 31.1 Å². The van der Waals surface area contributed by atoms with Crippen molar-refractivity contribution in [3.05, 3.63) is 109 Å². The molecule has 6 heteroatoms. The molecule has 0 radical (unpaired) electrons. The van der Waals surface area contributed by atoms with Crippen LogP contribution in [-0.4, -0.2) is 37.2 Å². The highest BCUT2D eigenvalue weighted by atomic mass is 16.6. The molecule has 1 atom stereocenters. The fraction of sp³-hybridized carbons (Fsp3) is 0.700. The van der Waals surface area contributed by atoms with Crippen molar-refractivity contribution in [3.63, 3.8) is 0 Å². The molecule has 6 nitrogen and oxygen atoms in total. The molecule has 0 N–H and O–H groups in total. The molecular weight excluding hydrogens is 937 g/mol. The van der Waals surface area contributed by atoms with Crippen LogP contribution in [0.4, 0.5) is 0 Å². The molecule has 0 spiro atoms. The predicted octanol–water partition coefficient (Wildman–Crippen LogP) is 21.8. The Bertz CT molecular complexity index is 1540. The van der Waals surface area contributed by atoms with Gasteiger partial charge >= 0.3 is 17.9 Å². The van der Waals surface area contributed by atoms with E-state index in [2.05, 4.69) is 130 Å². The van der Waals surface area contributed by atoms with E-state index in [0.29, 0.717) is 19.3 Å². The second-order valence-electron chi connectivity index (χ2n) is 20.9. The fourth-order valence-electron chi connectivity index (χ4n) is 8.71. The Labute approximate surface area is 470 Å². The highest BCUT2D eigenvalue weighted by Crippen LogP contribution is 2.15. The van der Waals surface area contributed by atoms with Gasteiger partial charge in [-0.1, -0.05) is 259 Å². The van der Waals surface area contributed by atoms with Crippen molar-refractivity contribution in [2.45, 2.75) is 303 Å². The van der Waals surface area contributed by atoms with Crippen LogP contribution in [0.25, 0.3) is 0 Å². The molecule has 0 saturated heterocycles. The topological polar surface area (TPSA) is 78.9 Å². The first kappa shape index (κ1) is 72.1. The molecule has 0 aliphatic carbocycles. The maximum absolute atomic E-state index is 12.9.